The molecule has 0 spiro atoms. The zero-order valence-electron chi connectivity index (χ0n) is 10.4. The van der Waals surface area contributed by atoms with E-state index in [2.05, 4.69) is 64.1 Å². The lowest BCUT2D eigenvalue weighted by molar-refractivity contribution is 0.617. The topological polar surface area (TPSA) is 56.7 Å². The summed E-state index contributed by atoms with van der Waals surface area (Å²) >= 11 is 2.30. The van der Waals surface area contributed by atoms with Crippen molar-refractivity contribution in [1.29, 1.82) is 0 Å². The van der Waals surface area contributed by atoms with E-state index in [1.54, 1.807) is 0 Å². The molecule has 1 unspecified atom stereocenters. The number of hydrogen-bond acceptors (Lipinski definition) is 3. The molecule has 2 aromatic rings. The lowest BCUT2D eigenvalue weighted by atomic mass is 10.1. The predicted molar refractivity (Wildman–Crippen MR) is 80.1 cm³/mol. The third-order valence-electron chi connectivity index (χ3n) is 2.79. The molecule has 0 fully saturated rings. The number of aromatic nitrogens is 3. The van der Waals surface area contributed by atoms with Crippen molar-refractivity contribution in [3.63, 3.8) is 0 Å². The van der Waals surface area contributed by atoms with Gasteiger partial charge in [-0.05, 0) is 46.7 Å². The minimum Gasteiger partial charge on any atom is -0.323 e. The van der Waals surface area contributed by atoms with Crippen LogP contribution in [0.15, 0.2) is 30.5 Å². The van der Waals surface area contributed by atoms with Gasteiger partial charge in [-0.2, -0.15) is 0 Å². The van der Waals surface area contributed by atoms with E-state index in [4.69, 9.17) is 5.73 Å². The molecule has 1 aromatic heterocycles. The van der Waals surface area contributed by atoms with Crippen LogP contribution >= 0.6 is 22.6 Å². The summed E-state index contributed by atoms with van der Waals surface area (Å²) in [6.45, 7) is 2.86. The maximum atomic E-state index is 6.02. The predicted octanol–water partition coefficient (Wildman–Crippen LogP) is 2.73. The largest absolute Gasteiger partial charge is 0.323 e. The minimum atomic E-state index is 0.000437. The van der Waals surface area contributed by atoms with E-state index in [9.17, 15) is 0 Å². The lowest BCUT2D eigenvalue weighted by Gasteiger charge is -2.04. The van der Waals surface area contributed by atoms with E-state index in [-0.39, 0.29) is 6.04 Å². The molecule has 0 aliphatic heterocycles. The SMILES string of the molecule is CCCC(N)c1cn(Cc2ccc(I)cc2)nn1. The number of halogens is 1. The van der Waals surface area contributed by atoms with Crippen molar-refractivity contribution < 1.29 is 0 Å². The van der Waals surface area contributed by atoms with Crippen LogP contribution in [0.2, 0.25) is 0 Å². The summed E-state index contributed by atoms with van der Waals surface area (Å²) in [4.78, 5) is 0. The first-order chi connectivity index (χ1) is 8.69. The maximum absolute atomic E-state index is 6.02. The van der Waals surface area contributed by atoms with Gasteiger partial charge in [0.2, 0.25) is 0 Å². The Kier molecular flexibility index (Phi) is 4.71. The van der Waals surface area contributed by atoms with Crippen molar-refractivity contribution in [3.05, 3.63) is 45.3 Å². The standard InChI is InChI=1S/C13H17IN4/c1-2-3-12(15)13-9-18(17-16-13)8-10-4-6-11(14)7-5-10/h4-7,9,12H,2-3,8,15H2,1H3. The van der Waals surface area contributed by atoms with Crippen LogP contribution in [0.4, 0.5) is 0 Å². The highest BCUT2D eigenvalue weighted by Crippen LogP contribution is 2.13. The fourth-order valence-electron chi connectivity index (χ4n) is 1.80. The molecule has 1 aromatic carbocycles. The highest BCUT2D eigenvalue weighted by molar-refractivity contribution is 14.1. The zero-order chi connectivity index (χ0) is 13.0. The molecular formula is C13H17IN4. The van der Waals surface area contributed by atoms with Crippen LogP contribution in [-0.4, -0.2) is 15.0 Å². The average Bonchev–Trinajstić information content (AvgIpc) is 2.81. The first-order valence-corrected chi connectivity index (χ1v) is 7.17. The van der Waals surface area contributed by atoms with Gasteiger partial charge in [0.1, 0.15) is 0 Å². The van der Waals surface area contributed by atoms with Crippen molar-refractivity contribution >= 4 is 22.6 Å². The van der Waals surface area contributed by atoms with Gasteiger partial charge >= 0.3 is 0 Å². The summed E-state index contributed by atoms with van der Waals surface area (Å²) in [5.41, 5.74) is 8.11. The second-order valence-electron chi connectivity index (χ2n) is 4.36. The highest BCUT2D eigenvalue weighted by Gasteiger charge is 2.09. The molecule has 2 N–H and O–H groups in total. The molecule has 1 atom stereocenters. The zero-order valence-corrected chi connectivity index (χ0v) is 12.5. The third kappa shape index (κ3) is 3.52. The Morgan fingerprint density at radius 3 is 2.72 bits per heavy atom. The molecule has 4 nitrogen and oxygen atoms in total. The highest BCUT2D eigenvalue weighted by atomic mass is 127. The Hall–Kier alpha value is -0.950. The summed E-state index contributed by atoms with van der Waals surface area (Å²) in [5, 5.41) is 8.26. The molecule has 0 bridgehead atoms. The van der Waals surface area contributed by atoms with Crippen molar-refractivity contribution in [2.45, 2.75) is 32.4 Å². The number of rotatable bonds is 5. The normalized spacial score (nSPS) is 12.6. The van der Waals surface area contributed by atoms with Crippen molar-refractivity contribution in [1.82, 2.24) is 15.0 Å². The van der Waals surface area contributed by atoms with Gasteiger partial charge in [0.15, 0.2) is 0 Å². The second kappa shape index (κ2) is 6.29. The van der Waals surface area contributed by atoms with Crippen molar-refractivity contribution in [2.24, 2.45) is 5.73 Å². The van der Waals surface area contributed by atoms with Gasteiger partial charge in [-0.15, -0.1) is 5.10 Å². The second-order valence-corrected chi connectivity index (χ2v) is 5.61. The van der Waals surface area contributed by atoms with Crippen LogP contribution in [0.25, 0.3) is 0 Å². The van der Waals surface area contributed by atoms with Gasteiger partial charge in [-0.1, -0.05) is 30.7 Å². The number of nitrogens with zero attached hydrogens (tertiary/aromatic N) is 3. The molecule has 0 saturated carbocycles. The molecule has 0 aliphatic carbocycles. The summed E-state index contributed by atoms with van der Waals surface area (Å²) in [7, 11) is 0. The quantitative estimate of drug-likeness (QED) is 0.839. The average molecular weight is 356 g/mol. The van der Waals surface area contributed by atoms with E-state index in [1.807, 2.05) is 10.9 Å². The Balaban J connectivity index is 2.04. The molecule has 0 saturated heterocycles. The maximum Gasteiger partial charge on any atom is 0.0994 e. The molecule has 5 heteroatoms. The number of benzene rings is 1. The van der Waals surface area contributed by atoms with Crippen LogP contribution < -0.4 is 5.73 Å². The fraction of sp³-hybridized carbons (Fsp3) is 0.385. The summed E-state index contributed by atoms with van der Waals surface area (Å²) < 4.78 is 3.08. The van der Waals surface area contributed by atoms with Gasteiger partial charge in [0.25, 0.3) is 0 Å². The Morgan fingerprint density at radius 1 is 1.33 bits per heavy atom. The molecular weight excluding hydrogens is 339 g/mol. The summed E-state index contributed by atoms with van der Waals surface area (Å²) in [5.74, 6) is 0. The van der Waals surface area contributed by atoms with Crippen LogP contribution in [0.1, 0.15) is 37.1 Å². The molecule has 0 radical (unpaired) electrons. The van der Waals surface area contributed by atoms with Crippen molar-refractivity contribution in [3.8, 4) is 0 Å². The van der Waals surface area contributed by atoms with E-state index < -0.39 is 0 Å². The number of nitrogens with two attached hydrogens (primary N) is 1. The van der Waals surface area contributed by atoms with Crippen LogP contribution in [0.5, 0.6) is 0 Å². The van der Waals surface area contributed by atoms with Crippen LogP contribution in [-0.2, 0) is 6.54 Å². The molecule has 2 rings (SSSR count). The van der Waals surface area contributed by atoms with Gasteiger partial charge in [-0.3, -0.25) is 0 Å². The lowest BCUT2D eigenvalue weighted by Crippen LogP contribution is -2.10. The first-order valence-electron chi connectivity index (χ1n) is 6.09. The van der Waals surface area contributed by atoms with E-state index in [0.717, 1.165) is 25.1 Å². The van der Waals surface area contributed by atoms with E-state index >= 15 is 0 Å². The van der Waals surface area contributed by atoms with Crippen molar-refractivity contribution in [2.75, 3.05) is 0 Å². The minimum absolute atomic E-state index is 0.000437. The van der Waals surface area contributed by atoms with E-state index in [0.29, 0.717) is 0 Å². The Morgan fingerprint density at radius 2 is 2.06 bits per heavy atom. The molecule has 0 aliphatic rings. The fourth-order valence-corrected chi connectivity index (χ4v) is 2.16. The third-order valence-corrected chi connectivity index (χ3v) is 3.51. The monoisotopic (exact) mass is 356 g/mol. The van der Waals surface area contributed by atoms with Gasteiger partial charge in [0, 0.05) is 3.57 Å². The molecule has 0 amide bonds. The molecule has 1 heterocycles. The van der Waals surface area contributed by atoms with Gasteiger partial charge in [-0.25, -0.2) is 4.68 Å². The van der Waals surface area contributed by atoms with E-state index in [1.165, 1.54) is 9.13 Å². The first kappa shape index (κ1) is 13.5. The van der Waals surface area contributed by atoms with Gasteiger partial charge in [0.05, 0.1) is 24.5 Å². The summed E-state index contributed by atoms with van der Waals surface area (Å²) in [6, 6.07) is 8.40. The molecule has 96 valence electrons. The molecule has 18 heavy (non-hydrogen) atoms. The Labute approximate surface area is 121 Å². The van der Waals surface area contributed by atoms with Crippen LogP contribution in [0.3, 0.4) is 0 Å². The summed E-state index contributed by atoms with van der Waals surface area (Å²) in [6.07, 6.45) is 3.95. The number of hydrogen-bond donors (Lipinski definition) is 1. The smallest absolute Gasteiger partial charge is 0.0994 e. The van der Waals surface area contributed by atoms with Crippen LogP contribution in [0, 0.1) is 3.57 Å². The van der Waals surface area contributed by atoms with Gasteiger partial charge < -0.3 is 5.73 Å². The Bertz CT molecular complexity index is 492.